The molecule has 0 bridgehead atoms. The van der Waals surface area contributed by atoms with Gasteiger partial charge in [0.15, 0.2) is 12.4 Å². The first-order chi connectivity index (χ1) is 26.8. The first-order valence-corrected chi connectivity index (χ1v) is 21.0. The van der Waals surface area contributed by atoms with Crippen LogP contribution in [0, 0.1) is 0 Å². The number of unbranched alkanes of at least 4 members (excludes halogenated alkanes) is 10. The van der Waals surface area contributed by atoms with Crippen molar-refractivity contribution < 1.29 is 49.0 Å². The third-order valence-electron chi connectivity index (χ3n) is 9.09. The highest BCUT2D eigenvalue weighted by molar-refractivity contribution is 5.70. The van der Waals surface area contributed by atoms with E-state index >= 15 is 0 Å². The number of carbonyl (C=O) groups excluding carboxylic acids is 2. The van der Waals surface area contributed by atoms with Crippen molar-refractivity contribution >= 4 is 11.9 Å². The van der Waals surface area contributed by atoms with Gasteiger partial charge in [0.2, 0.25) is 0 Å². The van der Waals surface area contributed by atoms with Gasteiger partial charge in [0, 0.05) is 12.8 Å². The molecule has 1 heterocycles. The molecule has 0 aromatic carbocycles. The van der Waals surface area contributed by atoms with E-state index in [-0.39, 0.29) is 26.1 Å². The molecule has 55 heavy (non-hydrogen) atoms. The zero-order valence-electron chi connectivity index (χ0n) is 33.9. The normalized spacial score (nSPS) is 21.3. The zero-order chi connectivity index (χ0) is 40.2. The standard InChI is InChI=1S/C45H74O10/c1-3-5-7-9-11-13-15-17-19-21-23-25-27-29-31-33-40(47)52-36-38(37-53-45-44(51)43(50)42(49)39(35-46)55-45)54-41(48)34-32-30-28-26-24-22-20-18-16-14-12-10-8-6-4-2/h5-8,11-14,17-20,38-39,42-46,49-51H,3-4,9-10,15-16,21-37H2,1-2H3/t38?,39-,42+,43+,44-,45?/m1/s1. The number of aliphatic hydroxyl groups excluding tert-OH is 4. The molecule has 314 valence electrons. The van der Waals surface area contributed by atoms with Crippen LogP contribution in [-0.2, 0) is 28.5 Å². The van der Waals surface area contributed by atoms with Crippen LogP contribution in [0.5, 0.6) is 0 Å². The number of rotatable bonds is 33. The summed E-state index contributed by atoms with van der Waals surface area (Å²) in [6, 6.07) is 0. The lowest BCUT2D eigenvalue weighted by molar-refractivity contribution is -0.305. The lowest BCUT2D eigenvalue weighted by atomic mass is 9.99. The first-order valence-electron chi connectivity index (χ1n) is 21.0. The van der Waals surface area contributed by atoms with Crippen molar-refractivity contribution in [2.45, 2.75) is 179 Å². The maximum Gasteiger partial charge on any atom is 0.306 e. The summed E-state index contributed by atoms with van der Waals surface area (Å²) < 4.78 is 22.1. The molecule has 0 amide bonds. The average molecular weight is 775 g/mol. The Morgan fingerprint density at radius 3 is 1.53 bits per heavy atom. The lowest BCUT2D eigenvalue weighted by Crippen LogP contribution is -2.59. The minimum absolute atomic E-state index is 0.202. The summed E-state index contributed by atoms with van der Waals surface area (Å²) in [7, 11) is 0. The smallest absolute Gasteiger partial charge is 0.306 e. The van der Waals surface area contributed by atoms with E-state index in [0.717, 1.165) is 103 Å². The van der Waals surface area contributed by atoms with Gasteiger partial charge in [0.05, 0.1) is 13.2 Å². The van der Waals surface area contributed by atoms with E-state index in [2.05, 4.69) is 86.8 Å². The van der Waals surface area contributed by atoms with Crippen LogP contribution in [0.25, 0.3) is 0 Å². The molecule has 1 fully saturated rings. The SMILES string of the molecule is CCC=CCC=CCC=CCCCCCCCC(=O)OCC(COC1O[C@H](CO)[C@H](O)[C@H](O)[C@H]1O)OC(=O)CCCCCCCC=CCC=CCC=CCC. The number of esters is 2. The summed E-state index contributed by atoms with van der Waals surface area (Å²) in [4.78, 5) is 25.3. The number of aliphatic hydroxyl groups is 4. The second-order valence-corrected chi connectivity index (χ2v) is 14.0. The van der Waals surface area contributed by atoms with Crippen molar-refractivity contribution in [2.24, 2.45) is 0 Å². The molecule has 0 aliphatic carbocycles. The van der Waals surface area contributed by atoms with Gasteiger partial charge in [-0.1, -0.05) is 125 Å². The minimum atomic E-state index is -1.60. The molecular formula is C45H74O10. The van der Waals surface area contributed by atoms with Crippen molar-refractivity contribution in [1.29, 1.82) is 0 Å². The number of ether oxygens (including phenoxy) is 4. The quantitative estimate of drug-likeness (QED) is 0.0291. The van der Waals surface area contributed by atoms with Crippen LogP contribution in [0.2, 0.25) is 0 Å². The zero-order valence-corrected chi connectivity index (χ0v) is 33.9. The number of hydrogen-bond donors (Lipinski definition) is 4. The van der Waals surface area contributed by atoms with Crippen LogP contribution in [0.15, 0.2) is 72.9 Å². The number of carbonyl (C=O) groups is 2. The van der Waals surface area contributed by atoms with E-state index < -0.39 is 55.4 Å². The molecular weight excluding hydrogens is 700 g/mol. The largest absolute Gasteiger partial charge is 0.462 e. The highest BCUT2D eigenvalue weighted by atomic mass is 16.7. The Kier molecular flexibility index (Phi) is 32.4. The molecule has 6 atom stereocenters. The summed E-state index contributed by atoms with van der Waals surface area (Å²) in [6.07, 6.45) is 36.2. The van der Waals surface area contributed by atoms with Crippen LogP contribution in [-0.4, -0.2) is 89.0 Å². The van der Waals surface area contributed by atoms with E-state index in [1.807, 2.05) is 0 Å². The summed E-state index contributed by atoms with van der Waals surface area (Å²) in [5.74, 6) is -0.855. The molecule has 0 spiro atoms. The third kappa shape index (κ3) is 27.4. The molecule has 1 aliphatic heterocycles. The fourth-order valence-electron chi connectivity index (χ4n) is 5.80. The Morgan fingerprint density at radius 2 is 1.02 bits per heavy atom. The molecule has 1 aliphatic rings. The summed E-state index contributed by atoms with van der Waals surface area (Å²) in [5, 5.41) is 40.0. The van der Waals surface area contributed by atoms with E-state index in [1.54, 1.807) is 0 Å². The van der Waals surface area contributed by atoms with Gasteiger partial charge < -0.3 is 39.4 Å². The van der Waals surface area contributed by atoms with Crippen LogP contribution >= 0.6 is 0 Å². The van der Waals surface area contributed by atoms with E-state index in [4.69, 9.17) is 18.9 Å². The third-order valence-corrected chi connectivity index (χ3v) is 9.09. The Bertz CT molecular complexity index is 1120. The fourth-order valence-corrected chi connectivity index (χ4v) is 5.80. The van der Waals surface area contributed by atoms with Gasteiger partial charge in [-0.25, -0.2) is 0 Å². The Labute approximate surface area is 332 Å². The Balaban J connectivity index is 2.39. The molecule has 0 saturated carbocycles. The number of hydrogen-bond acceptors (Lipinski definition) is 10. The molecule has 0 aromatic heterocycles. The molecule has 1 rings (SSSR count). The van der Waals surface area contributed by atoms with E-state index in [9.17, 15) is 30.0 Å². The molecule has 2 unspecified atom stereocenters. The summed E-state index contributed by atoms with van der Waals surface area (Å²) in [6.45, 7) is 3.14. The molecule has 0 radical (unpaired) electrons. The minimum Gasteiger partial charge on any atom is -0.462 e. The van der Waals surface area contributed by atoms with Crippen LogP contribution in [0.1, 0.15) is 142 Å². The van der Waals surface area contributed by atoms with Crippen LogP contribution in [0.4, 0.5) is 0 Å². The summed E-state index contributed by atoms with van der Waals surface area (Å²) >= 11 is 0. The van der Waals surface area contributed by atoms with Crippen LogP contribution in [0.3, 0.4) is 0 Å². The monoisotopic (exact) mass is 775 g/mol. The molecule has 1 saturated heterocycles. The molecule has 4 N–H and O–H groups in total. The van der Waals surface area contributed by atoms with Crippen molar-refractivity contribution in [3.8, 4) is 0 Å². The predicted octanol–water partition coefficient (Wildman–Crippen LogP) is 8.44. The van der Waals surface area contributed by atoms with Crippen molar-refractivity contribution in [3.63, 3.8) is 0 Å². The Morgan fingerprint density at radius 1 is 0.564 bits per heavy atom. The van der Waals surface area contributed by atoms with Gasteiger partial charge >= 0.3 is 11.9 Å². The number of allylic oxidation sites excluding steroid dienone is 12. The predicted molar refractivity (Wildman–Crippen MR) is 219 cm³/mol. The maximum atomic E-state index is 12.7. The van der Waals surface area contributed by atoms with Gasteiger partial charge in [-0.15, -0.1) is 0 Å². The van der Waals surface area contributed by atoms with Gasteiger partial charge in [0.1, 0.15) is 31.0 Å². The molecule has 0 aromatic rings. The second-order valence-electron chi connectivity index (χ2n) is 14.0. The van der Waals surface area contributed by atoms with Crippen LogP contribution < -0.4 is 0 Å². The van der Waals surface area contributed by atoms with Crippen molar-refractivity contribution in [3.05, 3.63) is 72.9 Å². The van der Waals surface area contributed by atoms with Gasteiger partial charge in [0.25, 0.3) is 0 Å². The van der Waals surface area contributed by atoms with Crippen molar-refractivity contribution in [2.75, 3.05) is 19.8 Å². The van der Waals surface area contributed by atoms with Crippen molar-refractivity contribution in [1.82, 2.24) is 0 Å². The van der Waals surface area contributed by atoms with Gasteiger partial charge in [-0.05, 0) is 77.0 Å². The fraction of sp³-hybridized carbons (Fsp3) is 0.689. The maximum absolute atomic E-state index is 12.7. The van der Waals surface area contributed by atoms with E-state index in [1.165, 1.54) is 0 Å². The first kappa shape index (κ1) is 50.2. The second kappa shape index (κ2) is 35.5. The highest BCUT2D eigenvalue weighted by Gasteiger charge is 2.44. The summed E-state index contributed by atoms with van der Waals surface area (Å²) in [5.41, 5.74) is 0. The molecule has 10 nitrogen and oxygen atoms in total. The van der Waals surface area contributed by atoms with E-state index in [0.29, 0.717) is 12.8 Å². The Hall–Kier alpha value is -2.86. The average Bonchev–Trinajstić information content (AvgIpc) is 3.18. The van der Waals surface area contributed by atoms with Gasteiger partial charge in [-0.3, -0.25) is 9.59 Å². The van der Waals surface area contributed by atoms with Gasteiger partial charge in [-0.2, -0.15) is 0 Å². The lowest BCUT2D eigenvalue weighted by Gasteiger charge is -2.39. The molecule has 10 heteroatoms. The highest BCUT2D eigenvalue weighted by Crippen LogP contribution is 2.22. The topological polar surface area (TPSA) is 152 Å².